The Morgan fingerprint density at radius 3 is 2.86 bits per heavy atom. The summed E-state index contributed by atoms with van der Waals surface area (Å²) < 4.78 is 5.04. The van der Waals surface area contributed by atoms with Crippen LogP contribution in [0.15, 0.2) is 0 Å². The van der Waals surface area contributed by atoms with Crippen LogP contribution in [0.3, 0.4) is 0 Å². The Morgan fingerprint density at radius 1 is 1.36 bits per heavy atom. The van der Waals surface area contributed by atoms with E-state index in [0.29, 0.717) is 6.04 Å². The average molecular weight is 200 g/mol. The van der Waals surface area contributed by atoms with E-state index in [1.54, 1.807) is 7.11 Å². The second-order valence-electron chi connectivity index (χ2n) is 4.38. The monoisotopic (exact) mass is 200 g/mol. The SMILES string of the molecule is COCCCCN1CC(N)CCC1C. The molecule has 0 amide bonds. The van der Waals surface area contributed by atoms with Gasteiger partial charge in [0.1, 0.15) is 0 Å². The van der Waals surface area contributed by atoms with E-state index in [2.05, 4.69) is 11.8 Å². The van der Waals surface area contributed by atoms with Crippen LogP contribution in [0.4, 0.5) is 0 Å². The Kier molecular flexibility index (Phi) is 5.45. The zero-order valence-corrected chi connectivity index (χ0v) is 9.54. The summed E-state index contributed by atoms with van der Waals surface area (Å²) in [5, 5.41) is 0. The van der Waals surface area contributed by atoms with Gasteiger partial charge in [0.2, 0.25) is 0 Å². The molecule has 84 valence electrons. The molecule has 0 saturated carbocycles. The molecule has 0 spiro atoms. The van der Waals surface area contributed by atoms with Crippen molar-refractivity contribution in [2.75, 3.05) is 26.8 Å². The molecule has 1 aliphatic rings. The van der Waals surface area contributed by atoms with Crippen molar-refractivity contribution >= 4 is 0 Å². The largest absolute Gasteiger partial charge is 0.385 e. The smallest absolute Gasteiger partial charge is 0.0462 e. The van der Waals surface area contributed by atoms with Crippen molar-refractivity contribution in [3.05, 3.63) is 0 Å². The molecule has 0 aromatic heterocycles. The maximum atomic E-state index is 5.95. The summed E-state index contributed by atoms with van der Waals surface area (Å²) in [6, 6.07) is 1.12. The minimum atomic E-state index is 0.397. The number of ether oxygens (including phenoxy) is 1. The van der Waals surface area contributed by atoms with Crippen molar-refractivity contribution in [1.29, 1.82) is 0 Å². The van der Waals surface area contributed by atoms with Gasteiger partial charge in [0.05, 0.1) is 0 Å². The fourth-order valence-corrected chi connectivity index (χ4v) is 2.08. The molecule has 2 unspecified atom stereocenters. The Labute approximate surface area is 87.6 Å². The third-order valence-electron chi connectivity index (χ3n) is 3.09. The normalized spacial score (nSPS) is 29.4. The molecule has 1 heterocycles. The highest BCUT2D eigenvalue weighted by Crippen LogP contribution is 2.16. The minimum Gasteiger partial charge on any atom is -0.385 e. The van der Waals surface area contributed by atoms with Gasteiger partial charge in [0.15, 0.2) is 0 Å². The average Bonchev–Trinajstić information content (AvgIpc) is 2.18. The second-order valence-corrected chi connectivity index (χ2v) is 4.38. The van der Waals surface area contributed by atoms with Crippen molar-refractivity contribution in [3.63, 3.8) is 0 Å². The van der Waals surface area contributed by atoms with E-state index in [4.69, 9.17) is 10.5 Å². The summed E-state index contributed by atoms with van der Waals surface area (Å²) in [6.45, 7) is 5.45. The van der Waals surface area contributed by atoms with Crippen LogP contribution >= 0.6 is 0 Å². The Morgan fingerprint density at radius 2 is 2.14 bits per heavy atom. The highest BCUT2D eigenvalue weighted by molar-refractivity contribution is 4.80. The molecular formula is C11H24N2O. The molecule has 2 N–H and O–H groups in total. The Bertz CT molecular complexity index is 152. The zero-order valence-electron chi connectivity index (χ0n) is 9.54. The van der Waals surface area contributed by atoms with Gasteiger partial charge in [-0.15, -0.1) is 0 Å². The van der Waals surface area contributed by atoms with Gasteiger partial charge in [0, 0.05) is 32.3 Å². The number of rotatable bonds is 5. The molecule has 0 aliphatic carbocycles. The van der Waals surface area contributed by atoms with E-state index in [0.717, 1.165) is 25.6 Å². The summed E-state index contributed by atoms with van der Waals surface area (Å²) >= 11 is 0. The number of hydrogen-bond donors (Lipinski definition) is 1. The first kappa shape index (κ1) is 12.0. The van der Waals surface area contributed by atoms with E-state index in [1.807, 2.05) is 0 Å². The molecule has 1 saturated heterocycles. The van der Waals surface area contributed by atoms with Crippen LogP contribution in [0, 0.1) is 0 Å². The Balaban J connectivity index is 2.14. The molecule has 0 radical (unpaired) electrons. The van der Waals surface area contributed by atoms with Gasteiger partial charge in [-0.2, -0.15) is 0 Å². The molecule has 1 aliphatic heterocycles. The summed E-state index contributed by atoms with van der Waals surface area (Å²) in [6.07, 6.45) is 4.83. The third kappa shape index (κ3) is 3.95. The first-order valence-electron chi connectivity index (χ1n) is 5.72. The van der Waals surface area contributed by atoms with Gasteiger partial charge in [-0.25, -0.2) is 0 Å². The van der Waals surface area contributed by atoms with E-state index >= 15 is 0 Å². The van der Waals surface area contributed by atoms with Gasteiger partial charge in [-0.1, -0.05) is 0 Å². The van der Waals surface area contributed by atoms with Gasteiger partial charge in [-0.05, 0) is 39.2 Å². The topological polar surface area (TPSA) is 38.5 Å². The molecule has 1 rings (SSSR count). The minimum absolute atomic E-state index is 0.397. The summed E-state index contributed by atoms with van der Waals surface area (Å²) in [4.78, 5) is 2.52. The maximum absolute atomic E-state index is 5.95. The first-order valence-corrected chi connectivity index (χ1v) is 5.72. The summed E-state index contributed by atoms with van der Waals surface area (Å²) in [7, 11) is 1.76. The van der Waals surface area contributed by atoms with Crippen LogP contribution in [0.1, 0.15) is 32.6 Å². The number of methoxy groups -OCH3 is 1. The Hall–Kier alpha value is -0.120. The van der Waals surface area contributed by atoms with Crippen LogP contribution in [-0.2, 0) is 4.74 Å². The van der Waals surface area contributed by atoms with E-state index < -0.39 is 0 Å². The van der Waals surface area contributed by atoms with Crippen LogP contribution < -0.4 is 5.73 Å². The number of nitrogens with two attached hydrogens (primary N) is 1. The predicted molar refractivity (Wildman–Crippen MR) is 59.4 cm³/mol. The lowest BCUT2D eigenvalue weighted by Crippen LogP contribution is -2.47. The highest BCUT2D eigenvalue weighted by Gasteiger charge is 2.22. The lowest BCUT2D eigenvalue weighted by molar-refractivity contribution is 0.134. The molecule has 0 aromatic rings. The van der Waals surface area contributed by atoms with Crippen LogP contribution in [-0.4, -0.2) is 43.8 Å². The van der Waals surface area contributed by atoms with Gasteiger partial charge < -0.3 is 10.5 Å². The molecule has 0 bridgehead atoms. The summed E-state index contributed by atoms with van der Waals surface area (Å²) in [5.74, 6) is 0. The molecule has 14 heavy (non-hydrogen) atoms. The van der Waals surface area contributed by atoms with Crippen molar-refractivity contribution < 1.29 is 4.74 Å². The van der Waals surface area contributed by atoms with Crippen molar-refractivity contribution in [1.82, 2.24) is 4.90 Å². The van der Waals surface area contributed by atoms with Crippen LogP contribution in [0.25, 0.3) is 0 Å². The van der Waals surface area contributed by atoms with Crippen LogP contribution in [0.2, 0.25) is 0 Å². The summed E-state index contributed by atoms with van der Waals surface area (Å²) in [5.41, 5.74) is 5.95. The van der Waals surface area contributed by atoms with Crippen molar-refractivity contribution in [2.45, 2.75) is 44.7 Å². The lowest BCUT2D eigenvalue weighted by Gasteiger charge is -2.36. The van der Waals surface area contributed by atoms with E-state index in [1.165, 1.54) is 25.8 Å². The number of likely N-dealkylation sites (tertiary alicyclic amines) is 1. The number of piperidine rings is 1. The fraction of sp³-hybridized carbons (Fsp3) is 1.00. The molecule has 3 heteroatoms. The van der Waals surface area contributed by atoms with E-state index in [9.17, 15) is 0 Å². The maximum Gasteiger partial charge on any atom is 0.0462 e. The van der Waals surface area contributed by atoms with Gasteiger partial charge >= 0.3 is 0 Å². The molecule has 3 nitrogen and oxygen atoms in total. The lowest BCUT2D eigenvalue weighted by atomic mass is 10.00. The van der Waals surface area contributed by atoms with E-state index in [-0.39, 0.29) is 0 Å². The quantitative estimate of drug-likeness (QED) is 0.678. The fourth-order valence-electron chi connectivity index (χ4n) is 2.08. The van der Waals surface area contributed by atoms with Gasteiger partial charge in [0.25, 0.3) is 0 Å². The number of nitrogens with zero attached hydrogens (tertiary/aromatic N) is 1. The van der Waals surface area contributed by atoms with Crippen molar-refractivity contribution in [3.8, 4) is 0 Å². The first-order chi connectivity index (χ1) is 6.74. The molecular weight excluding hydrogens is 176 g/mol. The molecule has 2 atom stereocenters. The predicted octanol–water partition coefficient (Wildman–Crippen LogP) is 1.22. The van der Waals surface area contributed by atoms with Crippen LogP contribution in [0.5, 0.6) is 0 Å². The third-order valence-corrected chi connectivity index (χ3v) is 3.09. The zero-order chi connectivity index (χ0) is 10.4. The van der Waals surface area contributed by atoms with Crippen molar-refractivity contribution in [2.24, 2.45) is 5.73 Å². The number of unbranched alkanes of at least 4 members (excludes halogenated alkanes) is 1. The standard InChI is InChI=1S/C11H24N2O/c1-10-5-6-11(12)9-13(10)7-3-4-8-14-2/h10-11H,3-9,12H2,1-2H3. The highest BCUT2D eigenvalue weighted by atomic mass is 16.5. The second kappa shape index (κ2) is 6.38. The van der Waals surface area contributed by atoms with Gasteiger partial charge in [-0.3, -0.25) is 4.90 Å². The molecule has 0 aromatic carbocycles. The molecule has 1 fully saturated rings. The number of hydrogen-bond acceptors (Lipinski definition) is 3.